The molecule has 10 heteroatoms. The lowest BCUT2D eigenvalue weighted by atomic mass is 10.1. The molecule has 184 valence electrons. The van der Waals surface area contributed by atoms with Crippen molar-refractivity contribution >= 4 is 34.7 Å². The number of amides is 1. The van der Waals surface area contributed by atoms with Crippen molar-refractivity contribution in [3.8, 4) is 11.3 Å². The number of carbonyl (C=O) groups is 1. The molecule has 0 fully saturated rings. The Kier molecular flexibility index (Phi) is 6.54. The normalized spacial score (nSPS) is 10.7. The molecule has 3 aromatic heterocycles. The van der Waals surface area contributed by atoms with E-state index in [4.69, 9.17) is 0 Å². The Morgan fingerprint density at radius 2 is 1.49 bits per heavy atom. The third kappa shape index (κ3) is 5.76. The topological polar surface area (TPSA) is 110 Å². The van der Waals surface area contributed by atoms with Gasteiger partial charge in [0.2, 0.25) is 0 Å². The van der Waals surface area contributed by atoms with Crippen molar-refractivity contribution in [3.05, 3.63) is 102 Å². The van der Waals surface area contributed by atoms with Crippen LogP contribution in [0.1, 0.15) is 16.1 Å². The lowest BCUT2D eigenvalue weighted by Gasteiger charge is -2.10. The summed E-state index contributed by atoms with van der Waals surface area (Å²) in [6, 6.07) is 20.5. The third-order valence-electron chi connectivity index (χ3n) is 5.51. The third-order valence-corrected chi connectivity index (χ3v) is 5.51. The Labute approximate surface area is 212 Å². The molecule has 0 aliphatic rings. The molecule has 0 aliphatic carbocycles. The molecule has 37 heavy (non-hydrogen) atoms. The van der Waals surface area contributed by atoms with Gasteiger partial charge in [-0.15, -0.1) is 0 Å². The smallest absolute Gasteiger partial charge is 0.273 e. The van der Waals surface area contributed by atoms with Crippen LogP contribution < -0.4 is 16.0 Å². The molecule has 0 saturated carbocycles. The molecule has 3 heterocycles. The molecule has 0 saturated heterocycles. The lowest BCUT2D eigenvalue weighted by Crippen LogP contribution is -2.15. The molecule has 5 aromatic rings. The van der Waals surface area contributed by atoms with Crippen molar-refractivity contribution in [2.45, 2.75) is 6.92 Å². The first-order valence-corrected chi connectivity index (χ1v) is 11.4. The van der Waals surface area contributed by atoms with Crippen LogP contribution in [0.4, 0.5) is 33.2 Å². The number of halogens is 1. The van der Waals surface area contributed by atoms with Crippen LogP contribution in [-0.4, -0.2) is 30.6 Å². The minimum absolute atomic E-state index is 0.305. The number of pyridine rings is 1. The van der Waals surface area contributed by atoms with Crippen LogP contribution in [0.2, 0.25) is 0 Å². The molecule has 0 atom stereocenters. The van der Waals surface area contributed by atoms with Crippen LogP contribution in [0, 0.1) is 12.7 Å². The Bertz CT molecular complexity index is 1550. The van der Waals surface area contributed by atoms with Gasteiger partial charge in [-0.25, -0.2) is 19.3 Å². The maximum Gasteiger partial charge on any atom is 0.273 e. The number of nitrogens with one attached hydrogen (secondary N) is 3. The number of aromatic nitrogens is 5. The number of carbonyl (C=O) groups excluding carboxylic acids is 1. The fourth-order valence-electron chi connectivity index (χ4n) is 3.65. The van der Waals surface area contributed by atoms with E-state index in [-0.39, 0.29) is 11.7 Å². The van der Waals surface area contributed by atoms with Gasteiger partial charge < -0.3 is 16.0 Å². The highest BCUT2D eigenvalue weighted by molar-refractivity contribution is 6.03. The highest BCUT2D eigenvalue weighted by atomic mass is 19.1. The first kappa shape index (κ1) is 23.6. The van der Waals surface area contributed by atoms with E-state index in [0.717, 1.165) is 16.8 Å². The van der Waals surface area contributed by atoms with E-state index in [2.05, 4.69) is 36.0 Å². The summed E-state index contributed by atoms with van der Waals surface area (Å²) in [6.45, 7) is 1.99. The first-order valence-electron chi connectivity index (χ1n) is 11.4. The van der Waals surface area contributed by atoms with Gasteiger partial charge in [-0.1, -0.05) is 0 Å². The Hall–Kier alpha value is -5.12. The number of benzene rings is 2. The maximum atomic E-state index is 13.2. The van der Waals surface area contributed by atoms with Gasteiger partial charge in [0.1, 0.15) is 35.3 Å². The Morgan fingerprint density at radius 3 is 2.22 bits per heavy atom. The predicted octanol–water partition coefficient (Wildman–Crippen LogP) is 5.46. The van der Waals surface area contributed by atoms with E-state index in [1.807, 2.05) is 31.2 Å². The van der Waals surface area contributed by atoms with Gasteiger partial charge in [-0.3, -0.25) is 9.48 Å². The summed E-state index contributed by atoms with van der Waals surface area (Å²) in [4.78, 5) is 25.6. The quantitative estimate of drug-likeness (QED) is 0.276. The molecule has 0 bridgehead atoms. The van der Waals surface area contributed by atoms with Crippen LogP contribution in [-0.2, 0) is 7.05 Å². The molecule has 9 nitrogen and oxygen atoms in total. The second-order valence-electron chi connectivity index (χ2n) is 8.33. The number of rotatable bonds is 7. The minimum Gasteiger partial charge on any atom is -0.340 e. The summed E-state index contributed by atoms with van der Waals surface area (Å²) in [5.74, 6) is 1.27. The van der Waals surface area contributed by atoms with Crippen LogP contribution in [0.3, 0.4) is 0 Å². The molecule has 0 aliphatic heterocycles. The molecule has 5 rings (SSSR count). The van der Waals surface area contributed by atoms with E-state index < -0.39 is 0 Å². The van der Waals surface area contributed by atoms with Gasteiger partial charge in [-0.2, -0.15) is 5.10 Å². The molecule has 2 aromatic carbocycles. The average molecular weight is 495 g/mol. The van der Waals surface area contributed by atoms with Crippen molar-refractivity contribution in [3.63, 3.8) is 0 Å². The van der Waals surface area contributed by atoms with Crippen LogP contribution >= 0.6 is 0 Å². The van der Waals surface area contributed by atoms with E-state index in [1.54, 1.807) is 49.6 Å². The van der Waals surface area contributed by atoms with Gasteiger partial charge >= 0.3 is 0 Å². The van der Waals surface area contributed by atoms with E-state index in [9.17, 15) is 9.18 Å². The fourth-order valence-corrected chi connectivity index (χ4v) is 3.65. The van der Waals surface area contributed by atoms with Crippen molar-refractivity contribution in [1.82, 2.24) is 24.7 Å². The maximum absolute atomic E-state index is 13.2. The van der Waals surface area contributed by atoms with E-state index >= 15 is 0 Å². The van der Waals surface area contributed by atoms with Gasteiger partial charge in [-0.05, 0) is 79.2 Å². The molecule has 0 radical (unpaired) electrons. The zero-order valence-corrected chi connectivity index (χ0v) is 20.1. The highest BCUT2D eigenvalue weighted by Gasteiger charge is 2.15. The monoisotopic (exact) mass is 494 g/mol. The number of hydrogen-bond donors (Lipinski definition) is 3. The molecule has 0 spiro atoms. The molecule has 0 unspecified atom stereocenters. The molecular formula is C27H23FN8O. The largest absolute Gasteiger partial charge is 0.340 e. The van der Waals surface area contributed by atoms with Crippen molar-refractivity contribution < 1.29 is 9.18 Å². The summed E-state index contributed by atoms with van der Waals surface area (Å²) in [7, 11) is 1.69. The average Bonchev–Trinajstić information content (AvgIpc) is 3.27. The summed E-state index contributed by atoms with van der Waals surface area (Å²) >= 11 is 0. The second kappa shape index (κ2) is 10.2. The van der Waals surface area contributed by atoms with E-state index in [1.165, 1.54) is 23.1 Å². The molecular weight excluding hydrogens is 471 g/mol. The number of nitrogens with zero attached hydrogens (tertiary/aromatic N) is 5. The minimum atomic E-state index is -0.327. The zero-order chi connectivity index (χ0) is 25.8. The van der Waals surface area contributed by atoms with E-state index in [0.29, 0.717) is 34.5 Å². The second-order valence-corrected chi connectivity index (χ2v) is 8.33. The SMILES string of the molecule is Cc1ccnc(Nc2cc(Nc3ccc(NC(=O)c4cc(-c5ccc(F)cc5)nn4C)cc3)ncn2)c1. The highest BCUT2D eigenvalue weighted by Crippen LogP contribution is 2.22. The van der Waals surface area contributed by atoms with Crippen molar-refractivity contribution in [2.75, 3.05) is 16.0 Å². The Morgan fingerprint density at radius 1 is 0.811 bits per heavy atom. The van der Waals surface area contributed by atoms with Crippen molar-refractivity contribution in [2.24, 2.45) is 7.05 Å². The summed E-state index contributed by atoms with van der Waals surface area (Å²) in [5, 5.41) is 13.6. The van der Waals surface area contributed by atoms with Crippen LogP contribution in [0.25, 0.3) is 11.3 Å². The van der Waals surface area contributed by atoms with Crippen LogP contribution in [0.5, 0.6) is 0 Å². The number of aryl methyl sites for hydroxylation is 2. The number of hydrogen-bond acceptors (Lipinski definition) is 7. The molecule has 1 amide bonds. The summed E-state index contributed by atoms with van der Waals surface area (Å²) in [6.07, 6.45) is 3.19. The predicted molar refractivity (Wildman–Crippen MR) is 141 cm³/mol. The molecule has 3 N–H and O–H groups in total. The van der Waals surface area contributed by atoms with Gasteiger partial charge in [0.15, 0.2) is 0 Å². The Balaban J connectivity index is 1.23. The summed E-state index contributed by atoms with van der Waals surface area (Å²) < 4.78 is 14.7. The summed E-state index contributed by atoms with van der Waals surface area (Å²) in [5.41, 5.74) is 4.19. The van der Waals surface area contributed by atoms with Gasteiger partial charge in [0.05, 0.1) is 5.69 Å². The van der Waals surface area contributed by atoms with Crippen LogP contribution in [0.15, 0.2) is 85.3 Å². The lowest BCUT2D eigenvalue weighted by molar-refractivity contribution is 0.101. The standard InChI is InChI=1S/C27H23FN8O/c1-17-11-12-29-24(13-17)34-26-15-25(30-16-31-26)32-20-7-9-21(10-8-20)33-27(37)23-14-22(35-36(23)2)18-3-5-19(28)6-4-18/h3-16H,1-2H3,(H,33,37)(H2,29,30,31,32,34). The first-order chi connectivity index (χ1) is 17.9. The van der Waals surface area contributed by atoms with Crippen molar-refractivity contribution in [1.29, 1.82) is 0 Å². The van der Waals surface area contributed by atoms with Gasteiger partial charge in [0.25, 0.3) is 5.91 Å². The number of anilines is 5. The van der Waals surface area contributed by atoms with Gasteiger partial charge in [0, 0.05) is 36.2 Å². The zero-order valence-electron chi connectivity index (χ0n) is 20.1. The fraction of sp³-hybridized carbons (Fsp3) is 0.0741.